The summed E-state index contributed by atoms with van der Waals surface area (Å²) in [6.45, 7) is 1.98. The van der Waals surface area contributed by atoms with Gasteiger partial charge in [0.1, 0.15) is 5.75 Å². The predicted molar refractivity (Wildman–Crippen MR) is 95.0 cm³/mol. The van der Waals surface area contributed by atoms with Crippen LogP contribution >= 0.6 is 0 Å². The fourth-order valence-electron chi connectivity index (χ4n) is 3.02. The van der Waals surface area contributed by atoms with Crippen molar-refractivity contribution in [2.75, 3.05) is 13.2 Å². The number of benzene rings is 2. The predicted octanol–water partition coefficient (Wildman–Crippen LogP) is 1.85. The van der Waals surface area contributed by atoms with Crippen LogP contribution in [0.5, 0.6) is 5.75 Å². The minimum atomic E-state index is -0.569. The van der Waals surface area contributed by atoms with Crippen molar-refractivity contribution in [3.63, 3.8) is 0 Å². The molecule has 3 rings (SSSR count). The van der Waals surface area contributed by atoms with Crippen molar-refractivity contribution in [1.82, 2.24) is 5.32 Å². The number of rotatable bonds is 5. The number of phenolic OH excluding ortho intramolecular Hbond substituents is 1. The SMILES string of the molecule is CCOC(=O)CCNC(=O)c1cccc2c1C(=O)c1cccc(O)c1C2=O. The van der Waals surface area contributed by atoms with E-state index in [1.165, 1.54) is 36.4 Å². The van der Waals surface area contributed by atoms with Crippen LogP contribution in [0.15, 0.2) is 36.4 Å². The Bertz CT molecular complexity index is 963. The van der Waals surface area contributed by atoms with E-state index in [1.807, 2.05) is 0 Å². The first-order valence-corrected chi connectivity index (χ1v) is 8.44. The second kappa shape index (κ2) is 7.41. The first kappa shape index (κ1) is 18.3. The highest BCUT2D eigenvalue weighted by atomic mass is 16.5. The van der Waals surface area contributed by atoms with Crippen molar-refractivity contribution in [3.8, 4) is 5.75 Å². The lowest BCUT2D eigenvalue weighted by atomic mass is 9.81. The fraction of sp³-hybridized carbons (Fsp3) is 0.200. The van der Waals surface area contributed by atoms with Gasteiger partial charge in [-0.15, -0.1) is 0 Å². The van der Waals surface area contributed by atoms with Gasteiger partial charge in [0.05, 0.1) is 24.2 Å². The Kier molecular flexibility index (Phi) is 5.03. The monoisotopic (exact) mass is 367 g/mol. The second-order valence-corrected chi connectivity index (χ2v) is 5.90. The van der Waals surface area contributed by atoms with Crippen molar-refractivity contribution in [2.45, 2.75) is 13.3 Å². The number of phenols is 1. The number of hydrogen-bond acceptors (Lipinski definition) is 6. The summed E-state index contributed by atoms with van der Waals surface area (Å²) in [4.78, 5) is 49.5. The number of carbonyl (C=O) groups is 4. The fourth-order valence-corrected chi connectivity index (χ4v) is 3.02. The number of amides is 1. The number of fused-ring (bicyclic) bond motifs is 2. The lowest BCUT2D eigenvalue weighted by Crippen LogP contribution is -2.30. The molecule has 0 bridgehead atoms. The molecule has 0 aromatic heterocycles. The lowest BCUT2D eigenvalue weighted by molar-refractivity contribution is -0.142. The van der Waals surface area contributed by atoms with Crippen LogP contribution in [-0.4, -0.2) is 41.7 Å². The summed E-state index contributed by atoms with van der Waals surface area (Å²) >= 11 is 0. The molecule has 27 heavy (non-hydrogen) atoms. The van der Waals surface area contributed by atoms with Gasteiger partial charge in [-0.05, 0) is 19.1 Å². The van der Waals surface area contributed by atoms with Gasteiger partial charge in [-0.1, -0.05) is 24.3 Å². The summed E-state index contributed by atoms with van der Waals surface area (Å²) < 4.78 is 4.79. The molecule has 7 heteroatoms. The average Bonchev–Trinajstić information content (AvgIpc) is 2.65. The summed E-state index contributed by atoms with van der Waals surface area (Å²) in [7, 11) is 0. The molecule has 0 saturated carbocycles. The van der Waals surface area contributed by atoms with E-state index in [4.69, 9.17) is 4.74 Å². The summed E-state index contributed by atoms with van der Waals surface area (Å²) in [6, 6.07) is 8.62. The van der Waals surface area contributed by atoms with E-state index >= 15 is 0 Å². The molecule has 2 aromatic rings. The van der Waals surface area contributed by atoms with Crippen molar-refractivity contribution < 1.29 is 29.0 Å². The Morgan fingerprint density at radius 3 is 2.33 bits per heavy atom. The molecule has 0 spiro atoms. The molecule has 0 unspecified atom stereocenters. The molecule has 2 N–H and O–H groups in total. The normalized spacial score (nSPS) is 12.2. The van der Waals surface area contributed by atoms with Gasteiger partial charge in [-0.25, -0.2) is 0 Å². The molecule has 0 fully saturated rings. The van der Waals surface area contributed by atoms with Crippen LogP contribution in [0.2, 0.25) is 0 Å². The molecule has 0 aliphatic heterocycles. The topological polar surface area (TPSA) is 110 Å². The van der Waals surface area contributed by atoms with Crippen molar-refractivity contribution in [1.29, 1.82) is 0 Å². The number of ketones is 2. The van der Waals surface area contributed by atoms with Crippen LogP contribution in [0, 0.1) is 0 Å². The third kappa shape index (κ3) is 3.31. The van der Waals surface area contributed by atoms with Gasteiger partial charge in [0, 0.05) is 23.2 Å². The Morgan fingerprint density at radius 2 is 1.63 bits per heavy atom. The average molecular weight is 367 g/mol. The maximum Gasteiger partial charge on any atom is 0.307 e. The van der Waals surface area contributed by atoms with Crippen LogP contribution in [0.1, 0.15) is 55.5 Å². The lowest BCUT2D eigenvalue weighted by Gasteiger charge is -2.20. The number of hydrogen-bond donors (Lipinski definition) is 2. The number of ether oxygens (including phenoxy) is 1. The molecule has 1 amide bonds. The molecule has 7 nitrogen and oxygen atoms in total. The van der Waals surface area contributed by atoms with Gasteiger partial charge in [-0.3, -0.25) is 19.2 Å². The molecule has 2 aromatic carbocycles. The Hall–Kier alpha value is -3.48. The zero-order valence-corrected chi connectivity index (χ0v) is 14.6. The van der Waals surface area contributed by atoms with Gasteiger partial charge < -0.3 is 15.2 Å². The summed E-state index contributed by atoms with van der Waals surface area (Å²) in [5, 5.41) is 12.5. The number of carbonyl (C=O) groups excluding carboxylic acids is 4. The minimum absolute atomic E-state index is 0.00180. The first-order valence-electron chi connectivity index (χ1n) is 8.44. The zero-order valence-electron chi connectivity index (χ0n) is 14.6. The van der Waals surface area contributed by atoms with E-state index in [-0.39, 0.29) is 53.1 Å². The van der Waals surface area contributed by atoms with Crippen molar-refractivity contribution >= 4 is 23.4 Å². The Balaban J connectivity index is 1.91. The van der Waals surface area contributed by atoms with Crippen LogP contribution in [0.25, 0.3) is 0 Å². The maximum absolute atomic E-state index is 12.9. The second-order valence-electron chi connectivity index (χ2n) is 5.90. The van der Waals surface area contributed by atoms with Crippen molar-refractivity contribution in [3.05, 3.63) is 64.2 Å². The molecular formula is C20H17NO6. The molecule has 0 saturated heterocycles. The van der Waals surface area contributed by atoms with Gasteiger partial charge in [-0.2, -0.15) is 0 Å². The Morgan fingerprint density at radius 1 is 1.00 bits per heavy atom. The molecule has 1 aliphatic rings. The van der Waals surface area contributed by atoms with E-state index in [1.54, 1.807) is 6.92 Å². The van der Waals surface area contributed by atoms with Crippen LogP contribution in [0.3, 0.4) is 0 Å². The highest BCUT2D eigenvalue weighted by molar-refractivity contribution is 6.31. The van der Waals surface area contributed by atoms with E-state index in [2.05, 4.69) is 5.32 Å². The van der Waals surface area contributed by atoms with Gasteiger partial charge >= 0.3 is 5.97 Å². The Labute approximate surface area is 155 Å². The summed E-state index contributed by atoms with van der Waals surface area (Å²) in [5.74, 6) is -2.31. The molecule has 138 valence electrons. The summed E-state index contributed by atoms with van der Waals surface area (Å²) in [5.41, 5.74) is 0.0964. The quantitative estimate of drug-likeness (QED) is 0.666. The molecular weight excluding hydrogens is 350 g/mol. The molecule has 0 heterocycles. The third-order valence-electron chi connectivity index (χ3n) is 4.21. The minimum Gasteiger partial charge on any atom is -0.507 e. The van der Waals surface area contributed by atoms with Crippen LogP contribution in [-0.2, 0) is 9.53 Å². The first-order chi connectivity index (χ1) is 13.0. The number of nitrogens with one attached hydrogen (secondary N) is 1. The van der Waals surface area contributed by atoms with Gasteiger partial charge in [0.2, 0.25) is 0 Å². The summed E-state index contributed by atoms with van der Waals surface area (Å²) in [6.07, 6.45) is -0.00180. The standard InChI is InChI=1S/C20H17NO6/c1-2-27-15(23)9-10-21-20(26)13-7-3-5-11-16(13)18(24)12-6-4-8-14(22)17(12)19(11)25/h3-8,22H,2,9-10H2,1H3,(H,21,26). The van der Waals surface area contributed by atoms with E-state index in [0.717, 1.165) is 0 Å². The highest BCUT2D eigenvalue weighted by Crippen LogP contribution is 2.33. The largest absolute Gasteiger partial charge is 0.507 e. The highest BCUT2D eigenvalue weighted by Gasteiger charge is 2.34. The molecule has 0 atom stereocenters. The molecule has 1 aliphatic carbocycles. The van der Waals surface area contributed by atoms with E-state index < -0.39 is 23.4 Å². The van der Waals surface area contributed by atoms with Gasteiger partial charge in [0.15, 0.2) is 11.6 Å². The van der Waals surface area contributed by atoms with Gasteiger partial charge in [0.25, 0.3) is 5.91 Å². The van der Waals surface area contributed by atoms with E-state index in [0.29, 0.717) is 0 Å². The van der Waals surface area contributed by atoms with E-state index in [9.17, 15) is 24.3 Å². The number of esters is 1. The third-order valence-corrected chi connectivity index (χ3v) is 4.21. The van der Waals surface area contributed by atoms with Crippen molar-refractivity contribution in [2.24, 2.45) is 0 Å². The number of aromatic hydroxyl groups is 1. The molecule has 0 radical (unpaired) electrons. The smallest absolute Gasteiger partial charge is 0.307 e. The maximum atomic E-state index is 12.9. The van der Waals surface area contributed by atoms with Crippen LogP contribution in [0.4, 0.5) is 0 Å². The van der Waals surface area contributed by atoms with Crippen LogP contribution < -0.4 is 5.32 Å². The zero-order chi connectivity index (χ0) is 19.6.